The quantitative estimate of drug-likeness (QED) is 0.657. The Labute approximate surface area is 69.7 Å². The fourth-order valence-corrected chi connectivity index (χ4v) is 5.22. The van der Waals surface area contributed by atoms with Crippen LogP contribution in [0.1, 0.15) is 0 Å². The van der Waals surface area contributed by atoms with Crippen molar-refractivity contribution < 1.29 is 12.3 Å². The summed E-state index contributed by atoms with van der Waals surface area (Å²) < 4.78 is 16.7. The minimum absolute atomic E-state index is 0.856. The average molecular weight is 217 g/mol. The van der Waals surface area contributed by atoms with Gasteiger partial charge >= 0.3 is 69.2 Å². The molecule has 0 aromatic heterocycles. The third-order valence-electron chi connectivity index (χ3n) is 1.73. The summed E-state index contributed by atoms with van der Waals surface area (Å²) in [6.45, 7) is 0. The van der Waals surface area contributed by atoms with Crippen molar-refractivity contribution in [3.05, 3.63) is 21.7 Å². The Morgan fingerprint density at radius 3 is 2.18 bits per heavy atom. The molecule has 11 heavy (non-hydrogen) atoms. The van der Waals surface area contributed by atoms with E-state index in [1.807, 2.05) is 17.1 Å². The summed E-state index contributed by atoms with van der Waals surface area (Å²) in [5.74, 6) is 0. The van der Waals surface area contributed by atoms with E-state index >= 15 is 0 Å². The Morgan fingerprint density at radius 1 is 1.18 bits per heavy atom. The summed E-state index contributed by atoms with van der Waals surface area (Å²) in [6, 6.07) is 0. The van der Waals surface area contributed by atoms with Crippen LogP contribution in [0.25, 0.3) is 0 Å². The maximum atomic E-state index is 5.34. The second-order valence-electron chi connectivity index (χ2n) is 2.17. The van der Waals surface area contributed by atoms with Gasteiger partial charge in [-0.3, -0.25) is 0 Å². The van der Waals surface area contributed by atoms with E-state index in [1.165, 1.54) is 0 Å². The monoisotopic (exact) mass is 218 g/mol. The Bertz CT molecular complexity index is 194. The molecule has 0 aliphatic carbocycles. The molecule has 1 aliphatic heterocycles. The molecule has 0 aromatic rings. The van der Waals surface area contributed by atoms with Crippen LogP contribution >= 0.6 is 0 Å². The molecule has 0 N–H and O–H groups in total. The third kappa shape index (κ3) is 1.36. The molecule has 0 saturated carbocycles. The molecule has 0 aromatic carbocycles. The van der Waals surface area contributed by atoms with E-state index in [-0.39, 0.29) is 0 Å². The molecule has 3 nitrogen and oxygen atoms in total. The summed E-state index contributed by atoms with van der Waals surface area (Å²) in [6.07, 6.45) is 3.82. The van der Waals surface area contributed by atoms with Crippen molar-refractivity contribution in [3.8, 4) is 0 Å². The van der Waals surface area contributed by atoms with E-state index in [0.717, 1.165) is 4.59 Å². The van der Waals surface area contributed by atoms with E-state index in [2.05, 4.69) is 0 Å². The molecular weight excluding hydrogens is 205 g/mol. The molecule has 1 rings (SSSR count). The molecule has 0 atom stereocenters. The van der Waals surface area contributed by atoms with Crippen LogP contribution in [0.2, 0.25) is 0 Å². The fraction of sp³-hybridized carbons (Fsp3) is 0.429. The van der Waals surface area contributed by atoms with Crippen molar-refractivity contribution in [2.45, 2.75) is 0 Å². The number of hydrogen-bond donors (Lipinski definition) is 0. The molecule has 0 amide bonds. The van der Waals surface area contributed by atoms with Crippen molar-refractivity contribution in [2.24, 2.45) is 0 Å². The van der Waals surface area contributed by atoms with Gasteiger partial charge in [-0.15, -0.1) is 0 Å². The molecule has 0 unspecified atom stereocenters. The SMILES string of the molecule is CO[C]1=CC=[CH][Ge]1([O]C)[O]C. The van der Waals surface area contributed by atoms with E-state index in [0.29, 0.717) is 0 Å². The van der Waals surface area contributed by atoms with Crippen LogP contribution in [0.4, 0.5) is 0 Å². The van der Waals surface area contributed by atoms with Crippen LogP contribution in [-0.2, 0) is 12.3 Å². The van der Waals surface area contributed by atoms with E-state index in [1.54, 1.807) is 21.3 Å². The summed E-state index contributed by atoms with van der Waals surface area (Å²) in [5.41, 5.74) is 0. The predicted molar refractivity (Wildman–Crippen MR) is 44.0 cm³/mol. The molecule has 4 heteroatoms. The van der Waals surface area contributed by atoms with E-state index < -0.39 is 13.9 Å². The van der Waals surface area contributed by atoms with Crippen molar-refractivity contribution in [3.63, 3.8) is 0 Å². The van der Waals surface area contributed by atoms with Gasteiger partial charge in [0, 0.05) is 0 Å². The third-order valence-corrected chi connectivity index (χ3v) is 7.82. The van der Waals surface area contributed by atoms with Gasteiger partial charge in [-0.1, -0.05) is 0 Å². The van der Waals surface area contributed by atoms with Gasteiger partial charge in [0.25, 0.3) is 0 Å². The first-order valence-corrected chi connectivity index (χ1v) is 7.30. The first-order chi connectivity index (χ1) is 5.29. The van der Waals surface area contributed by atoms with Crippen molar-refractivity contribution >= 4 is 13.9 Å². The Morgan fingerprint density at radius 2 is 1.82 bits per heavy atom. The number of hydrogen-bond acceptors (Lipinski definition) is 3. The maximum absolute atomic E-state index is 5.34. The van der Waals surface area contributed by atoms with Crippen LogP contribution in [0, 0.1) is 0 Å². The predicted octanol–water partition coefficient (Wildman–Crippen LogP) is 0.900. The van der Waals surface area contributed by atoms with Gasteiger partial charge in [-0.05, 0) is 0 Å². The van der Waals surface area contributed by atoms with Crippen molar-refractivity contribution in [1.82, 2.24) is 0 Å². The molecular formula is C7H12GeO3. The van der Waals surface area contributed by atoms with Gasteiger partial charge in [0.1, 0.15) is 0 Å². The molecule has 0 saturated heterocycles. The van der Waals surface area contributed by atoms with Crippen LogP contribution in [0.15, 0.2) is 21.7 Å². The minimum atomic E-state index is -2.76. The van der Waals surface area contributed by atoms with E-state index in [4.69, 9.17) is 12.3 Å². The van der Waals surface area contributed by atoms with Gasteiger partial charge < -0.3 is 0 Å². The van der Waals surface area contributed by atoms with Gasteiger partial charge in [0.15, 0.2) is 0 Å². The molecule has 0 radical (unpaired) electrons. The summed E-state index contributed by atoms with van der Waals surface area (Å²) in [7, 11) is 4.95. The first-order valence-electron chi connectivity index (χ1n) is 3.33. The van der Waals surface area contributed by atoms with E-state index in [9.17, 15) is 0 Å². The standard InChI is InChI=1S/C7H12GeO3/c1-9-7-5-4-6-8(7,10-2)11-3/h4-6H,1-3H3. The second-order valence-corrected chi connectivity index (χ2v) is 8.42. The topological polar surface area (TPSA) is 27.7 Å². The van der Waals surface area contributed by atoms with Crippen LogP contribution in [0.5, 0.6) is 0 Å². The number of ether oxygens (including phenoxy) is 1. The zero-order chi connectivity index (χ0) is 8.32. The summed E-state index contributed by atoms with van der Waals surface area (Å²) in [4.78, 5) is 1.98. The van der Waals surface area contributed by atoms with Crippen LogP contribution in [-0.4, -0.2) is 35.3 Å². The second kappa shape index (κ2) is 3.43. The van der Waals surface area contributed by atoms with Gasteiger partial charge in [-0.25, -0.2) is 0 Å². The van der Waals surface area contributed by atoms with Crippen molar-refractivity contribution in [1.29, 1.82) is 0 Å². The van der Waals surface area contributed by atoms with Gasteiger partial charge in [0.2, 0.25) is 0 Å². The van der Waals surface area contributed by atoms with Crippen LogP contribution in [0.3, 0.4) is 0 Å². The fourth-order valence-electron chi connectivity index (χ4n) is 1.09. The van der Waals surface area contributed by atoms with Crippen molar-refractivity contribution in [2.75, 3.05) is 21.3 Å². The Hall–Kier alpha value is -0.257. The normalized spacial score (nSPS) is 20.1. The average Bonchev–Trinajstić information content (AvgIpc) is 2.47. The van der Waals surface area contributed by atoms with Gasteiger partial charge in [0.05, 0.1) is 0 Å². The zero-order valence-corrected chi connectivity index (χ0v) is 9.05. The number of allylic oxidation sites excluding steroid dienone is 2. The molecule has 62 valence electrons. The Kier molecular flexibility index (Phi) is 2.75. The molecule has 0 spiro atoms. The van der Waals surface area contributed by atoms with Gasteiger partial charge in [-0.2, -0.15) is 0 Å². The molecule has 0 fully saturated rings. The molecule has 1 heterocycles. The number of methoxy groups -OCH3 is 1. The molecule has 0 bridgehead atoms. The Balaban J connectivity index is 2.83. The molecule has 1 aliphatic rings. The zero-order valence-electron chi connectivity index (χ0n) is 6.96. The number of rotatable bonds is 3. The van der Waals surface area contributed by atoms with Crippen LogP contribution < -0.4 is 0 Å². The summed E-state index contributed by atoms with van der Waals surface area (Å²) in [5, 5.41) is 0. The first kappa shape index (κ1) is 8.84. The summed E-state index contributed by atoms with van der Waals surface area (Å²) >= 11 is -2.76.